The minimum Gasteiger partial charge on any atom is -0.397 e. The van der Waals surface area contributed by atoms with E-state index in [4.69, 9.17) is 10.7 Å². The molecule has 18 heavy (non-hydrogen) atoms. The lowest BCUT2D eigenvalue weighted by Crippen LogP contribution is -2.04. The summed E-state index contributed by atoms with van der Waals surface area (Å²) >= 11 is 0. The van der Waals surface area contributed by atoms with E-state index < -0.39 is 0 Å². The van der Waals surface area contributed by atoms with Crippen LogP contribution in [0.5, 0.6) is 0 Å². The van der Waals surface area contributed by atoms with Gasteiger partial charge in [-0.2, -0.15) is 0 Å². The molecule has 0 fully saturated rings. The van der Waals surface area contributed by atoms with E-state index in [1.807, 2.05) is 19.1 Å². The molecule has 3 nitrogen and oxygen atoms in total. The van der Waals surface area contributed by atoms with E-state index in [9.17, 15) is 0 Å². The average Bonchev–Trinajstić information content (AvgIpc) is 2.66. The Morgan fingerprint density at radius 3 is 2.89 bits per heavy atom. The number of nitrogens with two attached hydrogens (primary N) is 1. The SMILES string of the molecule is C=C(C)Cn1c(CCCC)nc2c(N)cccc21. The molecule has 0 atom stereocenters. The summed E-state index contributed by atoms with van der Waals surface area (Å²) in [6.45, 7) is 9.06. The summed E-state index contributed by atoms with van der Waals surface area (Å²) < 4.78 is 2.24. The number of nitrogens with zero attached hydrogens (tertiary/aromatic N) is 2. The lowest BCUT2D eigenvalue weighted by molar-refractivity contribution is 0.686. The molecule has 2 N–H and O–H groups in total. The lowest BCUT2D eigenvalue weighted by Gasteiger charge is -2.08. The maximum absolute atomic E-state index is 6.00. The molecule has 0 bridgehead atoms. The van der Waals surface area contributed by atoms with Crippen LogP contribution in [-0.4, -0.2) is 9.55 Å². The quantitative estimate of drug-likeness (QED) is 0.645. The molecule has 1 aromatic heterocycles. The highest BCUT2D eigenvalue weighted by molar-refractivity contribution is 5.87. The third-order valence-electron chi connectivity index (χ3n) is 3.07. The molecule has 0 aliphatic heterocycles. The van der Waals surface area contributed by atoms with Crippen LogP contribution in [0.3, 0.4) is 0 Å². The Kier molecular flexibility index (Phi) is 3.70. The molecular formula is C15H21N3. The molecule has 1 heterocycles. The van der Waals surface area contributed by atoms with Gasteiger partial charge in [0.05, 0.1) is 11.2 Å². The molecule has 2 aromatic rings. The van der Waals surface area contributed by atoms with E-state index in [1.165, 1.54) is 6.42 Å². The number of para-hydroxylation sites is 1. The van der Waals surface area contributed by atoms with Crippen LogP contribution in [-0.2, 0) is 13.0 Å². The lowest BCUT2D eigenvalue weighted by atomic mass is 10.2. The highest BCUT2D eigenvalue weighted by atomic mass is 15.1. The van der Waals surface area contributed by atoms with Gasteiger partial charge in [-0.15, -0.1) is 0 Å². The third kappa shape index (κ3) is 2.40. The van der Waals surface area contributed by atoms with Gasteiger partial charge in [0.25, 0.3) is 0 Å². The van der Waals surface area contributed by atoms with Gasteiger partial charge in [-0.3, -0.25) is 0 Å². The third-order valence-corrected chi connectivity index (χ3v) is 3.07. The fourth-order valence-electron chi connectivity index (χ4n) is 2.19. The first kappa shape index (κ1) is 12.7. The summed E-state index contributed by atoms with van der Waals surface area (Å²) in [6.07, 6.45) is 3.32. The van der Waals surface area contributed by atoms with E-state index in [0.29, 0.717) is 0 Å². The molecule has 1 aromatic carbocycles. The van der Waals surface area contributed by atoms with Crippen LogP contribution < -0.4 is 5.73 Å². The maximum atomic E-state index is 6.00. The van der Waals surface area contributed by atoms with Crippen LogP contribution in [0.15, 0.2) is 30.4 Å². The Hall–Kier alpha value is -1.77. The fraction of sp³-hybridized carbons (Fsp3) is 0.400. The number of benzene rings is 1. The van der Waals surface area contributed by atoms with Gasteiger partial charge in [0.15, 0.2) is 0 Å². The number of aryl methyl sites for hydroxylation is 1. The van der Waals surface area contributed by atoms with E-state index >= 15 is 0 Å². The first-order valence-corrected chi connectivity index (χ1v) is 6.51. The highest BCUT2D eigenvalue weighted by Crippen LogP contribution is 2.23. The number of hydrogen-bond acceptors (Lipinski definition) is 2. The predicted octanol–water partition coefficient (Wildman–Crippen LogP) is 3.54. The van der Waals surface area contributed by atoms with Gasteiger partial charge in [-0.05, 0) is 25.5 Å². The molecular weight excluding hydrogens is 222 g/mol. The zero-order chi connectivity index (χ0) is 13.1. The van der Waals surface area contributed by atoms with Gasteiger partial charge >= 0.3 is 0 Å². The molecule has 96 valence electrons. The van der Waals surface area contributed by atoms with Crippen LogP contribution in [0.2, 0.25) is 0 Å². The zero-order valence-corrected chi connectivity index (χ0v) is 11.2. The highest BCUT2D eigenvalue weighted by Gasteiger charge is 2.11. The Morgan fingerprint density at radius 1 is 1.44 bits per heavy atom. The summed E-state index contributed by atoms with van der Waals surface area (Å²) in [5.74, 6) is 1.12. The van der Waals surface area contributed by atoms with Gasteiger partial charge in [0.1, 0.15) is 11.3 Å². The number of allylic oxidation sites excluding steroid dienone is 1. The zero-order valence-electron chi connectivity index (χ0n) is 11.2. The van der Waals surface area contributed by atoms with E-state index in [-0.39, 0.29) is 0 Å². The number of aromatic nitrogens is 2. The molecule has 0 unspecified atom stereocenters. The molecule has 0 saturated heterocycles. The summed E-state index contributed by atoms with van der Waals surface area (Å²) in [7, 11) is 0. The number of rotatable bonds is 5. The van der Waals surface area contributed by atoms with Crippen molar-refractivity contribution in [2.45, 2.75) is 39.7 Å². The van der Waals surface area contributed by atoms with Crippen LogP contribution in [0.4, 0.5) is 5.69 Å². The predicted molar refractivity (Wildman–Crippen MR) is 77.6 cm³/mol. The Labute approximate surface area is 108 Å². The molecule has 0 saturated carbocycles. The van der Waals surface area contributed by atoms with Crippen molar-refractivity contribution in [3.8, 4) is 0 Å². The molecule has 0 amide bonds. The van der Waals surface area contributed by atoms with Crippen molar-refractivity contribution in [1.82, 2.24) is 9.55 Å². The van der Waals surface area contributed by atoms with Crippen molar-refractivity contribution in [3.63, 3.8) is 0 Å². The summed E-state index contributed by atoms with van der Waals surface area (Å²) in [6, 6.07) is 5.97. The van der Waals surface area contributed by atoms with Crippen LogP contribution in [0.1, 0.15) is 32.5 Å². The van der Waals surface area contributed by atoms with E-state index in [1.54, 1.807) is 0 Å². The van der Waals surface area contributed by atoms with Gasteiger partial charge < -0.3 is 10.3 Å². The van der Waals surface area contributed by atoms with Gasteiger partial charge in [0.2, 0.25) is 0 Å². The van der Waals surface area contributed by atoms with Crippen molar-refractivity contribution in [1.29, 1.82) is 0 Å². The molecule has 3 heteroatoms. The maximum Gasteiger partial charge on any atom is 0.112 e. The summed E-state index contributed by atoms with van der Waals surface area (Å²) in [4.78, 5) is 4.70. The van der Waals surface area contributed by atoms with Crippen molar-refractivity contribution in [2.75, 3.05) is 5.73 Å². The van der Waals surface area contributed by atoms with Gasteiger partial charge in [0, 0.05) is 13.0 Å². The van der Waals surface area contributed by atoms with Crippen LogP contribution >= 0.6 is 0 Å². The van der Waals surface area contributed by atoms with E-state index in [2.05, 4.69) is 24.1 Å². The molecule has 0 spiro atoms. The number of anilines is 1. The second-order valence-corrected chi connectivity index (χ2v) is 4.89. The normalized spacial score (nSPS) is 11.0. The second-order valence-electron chi connectivity index (χ2n) is 4.89. The number of unbranched alkanes of at least 4 members (excludes halogenated alkanes) is 1. The molecule has 0 aliphatic carbocycles. The number of hydrogen-bond donors (Lipinski definition) is 1. The number of imidazole rings is 1. The minimum absolute atomic E-state index is 0.755. The van der Waals surface area contributed by atoms with Gasteiger partial charge in [-0.1, -0.05) is 31.6 Å². The molecule has 2 rings (SSSR count). The monoisotopic (exact) mass is 243 g/mol. The largest absolute Gasteiger partial charge is 0.397 e. The summed E-state index contributed by atoms with van der Waals surface area (Å²) in [5, 5.41) is 0. The minimum atomic E-state index is 0.755. The van der Waals surface area contributed by atoms with Crippen molar-refractivity contribution in [2.24, 2.45) is 0 Å². The van der Waals surface area contributed by atoms with E-state index in [0.717, 1.165) is 47.5 Å². The standard InChI is InChI=1S/C15H21N3/c1-4-5-9-14-17-15-12(16)7-6-8-13(15)18(14)10-11(2)3/h6-8H,2,4-5,9-10,16H2,1,3H3. The average molecular weight is 243 g/mol. The molecule has 0 radical (unpaired) electrons. The number of fused-ring (bicyclic) bond motifs is 1. The van der Waals surface area contributed by atoms with Crippen LogP contribution in [0, 0.1) is 0 Å². The van der Waals surface area contributed by atoms with Crippen molar-refractivity contribution in [3.05, 3.63) is 36.2 Å². The smallest absolute Gasteiger partial charge is 0.112 e. The topological polar surface area (TPSA) is 43.8 Å². The summed E-state index contributed by atoms with van der Waals surface area (Å²) in [5.41, 5.74) is 9.92. The Bertz CT molecular complexity index is 566. The first-order chi connectivity index (χ1) is 8.63. The second kappa shape index (κ2) is 5.25. The number of nitrogen functional groups attached to an aromatic ring is 1. The van der Waals surface area contributed by atoms with Crippen molar-refractivity contribution >= 4 is 16.7 Å². The first-order valence-electron chi connectivity index (χ1n) is 6.51. The Morgan fingerprint density at radius 2 is 2.22 bits per heavy atom. The fourth-order valence-corrected chi connectivity index (χ4v) is 2.19. The molecule has 0 aliphatic rings. The Balaban J connectivity index is 2.53. The van der Waals surface area contributed by atoms with Crippen molar-refractivity contribution < 1.29 is 0 Å². The van der Waals surface area contributed by atoms with Crippen LogP contribution in [0.25, 0.3) is 11.0 Å². The van der Waals surface area contributed by atoms with Gasteiger partial charge in [-0.25, -0.2) is 4.98 Å².